The lowest BCUT2D eigenvalue weighted by Crippen LogP contribution is -2.43. The molecule has 0 heterocycles. The lowest BCUT2D eigenvalue weighted by molar-refractivity contribution is 0.0421. The van der Waals surface area contributed by atoms with E-state index >= 15 is 0 Å². The van der Waals surface area contributed by atoms with Gasteiger partial charge in [0.15, 0.2) is 0 Å². The summed E-state index contributed by atoms with van der Waals surface area (Å²) in [6.07, 6.45) is 6.64. The van der Waals surface area contributed by atoms with E-state index in [9.17, 15) is 0 Å². The van der Waals surface area contributed by atoms with Gasteiger partial charge in [0.05, 0.1) is 6.10 Å². The highest BCUT2D eigenvalue weighted by Crippen LogP contribution is 2.20. The Morgan fingerprint density at radius 1 is 1.18 bits per heavy atom. The van der Waals surface area contributed by atoms with Gasteiger partial charge in [0.25, 0.3) is 0 Å². The van der Waals surface area contributed by atoms with Gasteiger partial charge in [-0.05, 0) is 31.4 Å². The lowest BCUT2D eigenvalue weighted by Gasteiger charge is -2.31. The smallest absolute Gasteiger partial charge is 0.0724 e. The van der Waals surface area contributed by atoms with Gasteiger partial charge in [-0.15, -0.1) is 0 Å². The molecule has 1 aromatic rings. The average molecular weight is 233 g/mol. The van der Waals surface area contributed by atoms with E-state index in [1.165, 1.54) is 31.2 Å². The molecule has 0 unspecified atom stereocenters. The monoisotopic (exact) mass is 233 g/mol. The minimum Gasteiger partial charge on any atom is -0.380 e. The highest BCUT2D eigenvalue weighted by atomic mass is 16.5. The zero-order chi connectivity index (χ0) is 11.9. The van der Waals surface area contributed by atoms with E-state index in [0.29, 0.717) is 12.1 Å². The molecule has 17 heavy (non-hydrogen) atoms. The van der Waals surface area contributed by atoms with Crippen molar-refractivity contribution in [2.45, 2.75) is 44.2 Å². The number of nitrogens with one attached hydrogen (secondary N) is 1. The van der Waals surface area contributed by atoms with Crippen LogP contribution < -0.4 is 5.32 Å². The molecule has 0 saturated heterocycles. The summed E-state index contributed by atoms with van der Waals surface area (Å²) >= 11 is 0. The fourth-order valence-electron chi connectivity index (χ4n) is 2.66. The van der Waals surface area contributed by atoms with Crippen LogP contribution in [0.5, 0.6) is 0 Å². The molecule has 1 fully saturated rings. The van der Waals surface area contributed by atoms with Gasteiger partial charge in [0.2, 0.25) is 0 Å². The second-order valence-corrected chi connectivity index (χ2v) is 4.85. The molecule has 0 aliphatic heterocycles. The third-order valence-electron chi connectivity index (χ3n) is 3.67. The first-order valence-electron chi connectivity index (χ1n) is 6.70. The van der Waals surface area contributed by atoms with Crippen LogP contribution in [0.3, 0.4) is 0 Å². The lowest BCUT2D eigenvalue weighted by atomic mass is 9.92. The Morgan fingerprint density at radius 2 is 1.94 bits per heavy atom. The minimum absolute atomic E-state index is 0.416. The summed E-state index contributed by atoms with van der Waals surface area (Å²) in [5, 5.41) is 3.65. The van der Waals surface area contributed by atoms with Crippen molar-refractivity contribution in [1.29, 1.82) is 0 Å². The minimum atomic E-state index is 0.416. The second kappa shape index (κ2) is 6.77. The first-order chi connectivity index (χ1) is 8.40. The van der Waals surface area contributed by atoms with Crippen molar-refractivity contribution in [1.82, 2.24) is 5.32 Å². The Bertz CT molecular complexity index is 312. The molecule has 1 aliphatic carbocycles. The molecular formula is C15H23NO. The average Bonchev–Trinajstić information content (AvgIpc) is 2.40. The van der Waals surface area contributed by atoms with Crippen LogP contribution in [-0.2, 0) is 11.2 Å². The quantitative estimate of drug-likeness (QED) is 0.844. The second-order valence-electron chi connectivity index (χ2n) is 4.85. The predicted molar refractivity (Wildman–Crippen MR) is 71.2 cm³/mol. The molecule has 0 radical (unpaired) electrons. The Morgan fingerprint density at radius 3 is 2.71 bits per heavy atom. The molecule has 2 atom stereocenters. The van der Waals surface area contributed by atoms with E-state index in [4.69, 9.17) is 4.74 Å². The van der Waals surface area contributed by atoms with E-state index in [0.717, 1.165) is 13.0 Å². The molecule has 2 rings (SSSR count). The summed E-state index contributed by atoms with van der Waals surface area (Å²) in [5.74, 6) is 0. The summed E-state index contributed by atoms with van der Waals surface area (Å²) in [6, 6.07) is 11.2. The normalized spacial score (nSPS) is 24.8. The van der Waals surface area contributed by atoms with Crippen LogP contribution in [-0.4, -0.2) is 25.8 Å². The highest BCUT2D eigenvalue weighted by Gasteiger charge is 2.23. The van der Waals surface area contributed by atoms with Crippen molar-refractivity contribution in [2.24, 2.45) is 0 Å². The van der Waals surface area contributed by atoms with Crippen molar-refractivity contribution in [3.05, 3.63) is 35.9 Å². The number of rotatable bonds is 5. The van der Waals surface area contributed by atoms with Gasteiger partial charge in [-0.3, -0.25) is 0 Å². The molecule has 94 valence electrons. The molecule has 0 bridgehead atoms. The zero-order valence-corrected chi connectivity index (χ0v) is 10.7. The maximum atomic E-state index is 5.54. The van der Waals surface area contributed by atoms with Crippen LogP contribution in [0.2, 0.25) is 0 Å². The number of hydrogen-bond acceptors (Lipinski definition) is 2. The molecular weight excluding hydrogens is 210 g/mol. The van der Waals surface area contributed by atoms with Crippen LogP contribution >= 0.6 is 0 Å². The van der Waals surface area contributed by atoms with Crippen LogP contribution in [0.25, 0.3) is 0 Å². The van der Waals surface area contributed by atoms with Crippen LogP contribution in [0.15, 0.2) is 30.3 Å². The Balaban J connectivity index is 1.74. The largest absolute Gasteiger partial charge is 0.380 e. The third-order valence-corrected chi connectivity index (χ3v) is 3.67. The Labute approximate surface area is 104 Å². The summed E-state index contributed by atoms with van der Waals surface area (Å²) in [7, 11) is 1.84. The molecule has 1 saturated carbocycles. The van der Waals surface area contributed by atoms with Crippen LogP contribution in [0, 0.1) is 0 Å². The number of hydrogen-bond donors (Lipinski definition) is 1. The van der Waals surface area contributed by atoms with E-state index < -0.39 is 0 Å². The molecule has 1 N–H and O–H groups in total. The summed E-state index contributed by atoms with van der Waals surface area (Å²) in [4.78, 5) is 0. The Hall–Kier alpha value is -0.860. The maximum absolute atomic E-state index is 5.54. The predicted octanol–water partition coefficient (Wildman–Crippen LogP) is 2.78. The van der Waals surface area contributed by atoms with Gasteiger partial charge in [0, 0.05) is 13.2 Å². The maximum Gasteiger partial charge on any atom is 0.0724 e. The van der Waals surface area contributed by atoms with Crippen molar-refractivity contribution in [3.63, 3.8) is 0 Å². The molecule has 0 aromatic heterocycles. The van der Waals surface area contributed by atoms with Gasteiger partial charge >= 0.3 is 0 Å². The molecule has 1 aromatic carbocycles. The fraction of sp³-hybridized carbons (Fsp3) is 0.600. The van der Waals surface area contributed by atoms with Crippen LogP contribution in [0.4, 0.5) is 0 Å². The molecule has 2 nitrogen and oxygen atoms in total. The summed E-state index contributed by atoms with van der Waals surface area (Å²) in [5.41, 5.74) is 1.41. The van der Waals surface area contributed by atoms with Gasteiger partial charge in [0.1, 0.15) is 0 Å². The van der Waals surface area contributed by atoms with E-state index in [1.807, 2.05) is 7.11 Å². The van der Waals surface area contributed by atoms with Crippen LogP contribution in [0.1, 0.15) is 31.2 Å². The molecule has 0 spiro atoms. The van der Waals surface area contributed by atoms with E-state index in [-0.39, 0.29) is 0 Å². The van der Waals surface area contributed by atoms with Crippen molar-refractivity contribution >= 4 is 0 Å². The first-order valence-corrected chi connectivity index (χ1v) is 6.70. The number of benzene rings is 1. The molecule has 1 aliphatic rings. The summed E-state index contributed by atoms with van der Waals surface area (Å²) in [6.45, 7) is 1.05. The first kappa shape index (κ1) is 12.6. The van der Waals surface area contributed by atoms with Crippen molar-refractivity contribution in [2.75, 3.05) is 13.7 Å². The van der Waals surface area contributed by atoms with E-state index in [1.54, 1.807) is 0 Å². The zero-order valence-electron chi connectivity index (χ0n) is 10.7. The SMILES string of the molecule is CO[C@@H]1CCCC[C@@H]1NCCc1ccccc1. The van der Waals surface area contributed by atoms with Gasteiger partial charge < -0.3 is 10.1 Å². The van der Waals surface area contributed by atoms with Crippen molar-refractivity contribution in [3.8, 4) is 0 Å². The Kier molecular flexibility index (Phi) is 5.02. The standard InChI is InChI=1S/C15H23NO/c1-17-15-10-6-5-9-14(15)16-12-11-13-7-3-2-4-8-13/h2-4,7-8,14-16H,5-6,9-12H2,1H3/t14-,15+/m0/s1. The summed E-state index contributed by atoms with van der Waals surface area (Å²) < 4.78 is 5.54. The van der Waals surface area contributed by atoms with Gasteiger partial charge in [-0.25, -0.2) is 0 Å². The van der Waals surface area contributed by atoms with Crippen molar-refractivity contribution < 1.29 is 4.74 Å². The van der Waals surface area contributed by atoms with Gasteiger partial charge in [-0.1, -0.05) is 43.2 Å². The van der Waals surface area contributed by atoms with Gasteiger partial charge in [-0.2, -0.15) is 0 Å². The number of methoxy groups -OCH3 is 1. The fourth-order valence-corrected chi connectivity index (χ4v) is 2.66. The highest BCUT2D eigenvalue weighted by molar-refractivity contribution is 5.14. The molecule has 2 heteroatoms. The third kappa shape index (κ3) is 3.83. The molecule has 0 amide bonds. The van der Waals surface area contributed by atoms with E-state index in [2.05, 4.69) is 35.6 Å². The topological polar surface area (TPSA) is 21.3 Å². The number of ether oxygens (including phenoxy) is 1.